The molecular formula is C12H17Br2N3OSi. The van der Waals surface area contributed by atoms with Crippen LogP contribution < -0.4 is 0 Å². The van der Waals surface area contributed by atoms with Crippen LogP contribution in [0.25, 0.3) is 11.2 Å². The molecule has 0 unspecified atom stereocenters. The Kier molecular flexibility index (Phi) is 4.81. The zero-order valence-corrected chi connectivity index (χ0v) is 15.5. The number of fused-ring (bicyclic) bond motifs is 1. The molecule has 2 aromatic heterocycles. The van der Waals surface area contributed by atoms with E-state index in [9.17, 15) is 0 Å². The van der Waals surface area contributed by atoms with Crippen molar-refractivity contribution in [3.63, 3.8) is 0 Å². The van der Waals surface area contributed by atoms with Crippen LogP contribution in [0.1, 0.15) is 0 Å². The first-order valence-electron chi connectivity index (χ1n) is 6.11. The van der Waals surface area contributed by atoms with Gasteiger partial charge in [0.05, 0.1) is 10.7 Å². The first-order valence-corrected chi connectivity index (χ1v) is 11.4. The van der Waals surface area contributed by atoms with E-state index in [1.54, 1.807) is 6.20 Å². The molecule has 0 aromatic carbocycles. The lowest BCUT2D eigenvalue weighted by molar-refractivity contribution is 0.0898. The lowest BCUT2D eigenvalue weighted by Gasteiger charge is -2.15. The van der Waals surface area contributed by atoms with Gasteiger partial charge >= 0.3 is 0 Å². The van der Waals surface area contributed by atoms with Crippen LogP contribution in [0.3, 0.4) is 0 Å². The van der Waals surface area contributed by atoms with E-state index in [1.165, 1.54) is 6.04 Å². The van der Waals surface area contributed by atoms with E-state index >= 15 is 0 Å². The van der Waals surface area contributed by atoms with Gasteiger partial charge in [-0.15, -0.1) is 0 Å². The summed E-state index contributed by atoms with van der Waals surface area (Å²) in [4.78, 5) is 8.78. The molecule has 2 heterocycles. The van der Waals surface area contributed by atoms with Gasteiger partial charge in [0.2, 0.25) is 0 Å². The van der Waals surface area contributed by atoms with Crippen molar-refractivity contribution in [2.45, 2.75) is 32.4 Å². The van der Waals surface area contributed by atoms with Crippen LogP contribution in [0.15, 0.2) is 21.5 Å². The highest BCUT2D eigenvalue weighted by Gasteiger charge is 2.13. The third kappa shape index (κ3) is 4.11. The molecule has 19 heavy (non-hydrogen) atoms. The summed E-state index contributed by atoms with van der Waals surface area (Å²) in [7, 11) is -1.03. The number of hydrogen-bond acceptors (Lipinski definition) is 3. The molecular weight excluding hydrogens is 390 g/mol. The van der Waals surface area contributed by atoms with Gasteiger partial charge in [-0.25, -0.2) is 9.97 Å². The van der Waals surface area contributed by atoms with E-state index in [4.69, 9.17) is 4.74 Å². The molecule has 0 atom stereocenters. The van der Waals surface area contributed by atoms with Crippen LogP contribution >= 0.6 is 31.9 Å². The summed E-state index contributed by atoms with van der Waals surface area (Å²) in [5, 5.41) is 0. The van der Waals surface area contributed by atoms with Crippen LogP contribution in [0.5, 0.6) is 0 Å². The molecule has 2 rings (SSSR count). The Hall–Kier alpha value is -0.243. The van der Waals surface area contributed by atoms with Crippen molar-refractivity contribution in [1.29, 1.82) is 0 Å². The molecule has 0 bridgehead atoms. The number of hydrogen-bond donors (Lipinski definition) is 0. The van der Waals surface area contributed by atoms with Crippen molar-refractivity contribution in [2.75, 3.05) is 6.61 Å². The molecule has 0 saturated heterocycles. The minimum absolute atomic E-state index is 0.517. The second kappa shape index (κ2) is 6.03. The average Bonchev–Trinajstić information content (AvgIpc) is 2.60. The third-order valence-corrected chi connectivity index (χ3v) is 5.38. The first-order chi connectivity index (χ1) is 8.87. The van der Waals surface area contributed by atoms with Crippen molar-refractivity contribution < 1.29 is 4.74 Å². The highest BCUT2D eigenvalue weighted by Crippen LogP contribution is 2.24. The van der Waals surface area contributed by atoms with Crippen LogP contribution in [0.4, 0.5) is 0 Å². The Morgan fingerprint density at radius 3 is 2.74 bits per heavy atom. The van der Waals surface area contributed by atoms with E-state index < -0.39 is 8.07 Å². The standard InChI is InChI=1S/C12H17Br2N3OSi/c1-19(2,3)5-4-18-8-17-7-9(13)11-12(17)15-6-10(14)16-11/h6-7H,4-5,8H2,1-3H3. The first kappa shape index (κ1) is 15.2. The van der Waals surface area contributed by atoms with Crippen molar-refractivity contribution in [1.82, 2.24) is 14.5 Å². The van der Waals surface area contributed by atoms with Gasteiger partial charge in [0.15, 0.2) is 5.65 Å². The average molecular weight is 407 g/mol. The summed E-state index contributed by atoms with van der Waals surface area (Å²) in [6.07, 6.45) is 3.67. The number of halogens is 2. The van der Waals surface area contributed by atoms with Crippen LogP contribution in [-0.4, -0.2) is 29.2 Å². The molecule has 4 nitrogen and oxygen atoms in total. The van der Waals surface area contributed by atoms with Crippen molar-refractivity contribution in [2.24, 2.45) is 0 Å². The molecule has 0 fully saturated rings. The second-order valence-electron chi connectivity index (χ2n) is 5.66. The molecule has 0 N–H and O–H groups in total. The minimum Gasteiger partial charge on any atom is -0.361 e. The van der Waals surface area contributed by atoms with Crippen molar-refractivity contribution in [3.8, 4) is 0 Å². The normalized spacial score (nSPS) is 12.3. The van der Waals surface area contributed by atoms with Crippen LogP contribution in [0, 0.1) is 0 Å². The van der Waals surface area contributed by atoms with Crippen molar-refractivity contribution >= 4 is 51.1 Å². The summed E-state index contributed by atoms with van der Waals surface area (Å²) >= 11 is 6.83. The summed E-state index contributed by atoms with van der Waals surface area (Å²) < 4.78 is 9.39. The second-order valence-corrected chi connectivity index (χ2v) is 12.9. The molecule has 0 amide bonds. The lowest BCUT2D eigenvalue weighted by atomic mass is 10.5. The SMILES string of the molecule is C[Si](C)(C)CCOCn1cc(Br)c2nc(Br)cnc21. The number of ether oxygens (including phenoxy) is 1. The van der Waals surface area contributed by atoms with Gasteiger partial charge in [-0.05, 0) is 37.9 Å². The smallest absolute Gasteiger partial charge is 0.161 e. The van der Waals surface area contributed by atoms with E-state index in [1.807, 2.05) is 10.8 Å². The Morgan fingerprint density at radius 2 is 2.05 bits per heavy atom. The van der Waals surface area contributed by atoms with E-state index in [2.05, 4.69) is 61.5 Å². The van der Waals surface area contributed by atoms with Crippen LogP contribution in [-0.2, 0) is 11.5 Å². The van der Waals surface area contributed by atoms with E-state index in [0.717, 1.165) is 26.8 Å². The zero-order valence-electron chi connectivity index (χ0n) is 11.3. The molecule has 0 saturated carbocycles. The quantitative estimate of drug-likeness (QED) is 0.549. The summed E-state index contributed by atoms with van der Waals surface area (Å²) in [5.74, 6) is 0. The van der Waals surface area contributed by atoms with Gasteiger partial charge in [0.1, 0.15) is 16.9 Å². The molecule has 104 valence electrons. The maximum absolute atomic E-state index is 5.74. The number of rotatable bonds is 5. The maximum atomic E-state index is 5.74. The lowest BCUT2D eigenvalue weighted by Crippen LogP contribution is -2.22. The van der Waals surface area contributed by atoms with E-state index in [-0.39, 0.29) is 0 Å². The molecule has 0 spiro atoms. The Bertz CT molecular complexity index is 580. The minimum atomic E-state index is -1.03. The van der Waals surface area contributed by atoms with Gasteiger partial charge in [-0.1, -0.05) is 19.6 Å². The molecule has 0 aliphatic carbocycles. The summed E-state index contributed by atoms with van der Waals surface area (Å²) in [5.41, 5.74) is 1.69. The largest absolute Gasteiger partial charge is 0.361 e. The fourth-order valence-corrected chi connectivity index (χ4v) is 3.18. The predicted octanol–water partition coefficient (Wildman–Crippen LogP) is 4.27. The fraction of sp³-hybridized carbons (Fsp3) is 0.500. The number of nitrogens with zero attached hydrogens (tertiary/aromatic N) is 3. The molecule has 0 radical (unpaired) electrons. The predicted molar refractivity (Wildman–Crippen MR) is 87.0 cm³/mol. The Morgan fingerprint density at radius 1 is 1.32 bits per heavy atom. The zero-order chi connectivity index (χ0) is 14.0. The molecule has 7 heteroatoms. The van der Waals surface area contributed by atoms with Gasteiger partial charge in [-0.3, -0.25) is 0 Å². The van der Waals surface area contributed by atoms with Gasteiger partial charge in [-0.2, -0.15) is 0 Å². The van der Waals surface area contributed by atoms with Crippen molar-refractivity contribution in [3.05, 3.63) is 21.5 Å². The Labute approximate surface area is 130 Å². The Balaban J connectivity index is 2.05. The third-order valence-electron chi connectivity index (χ3n) is 2.72. The highest BCUT2D eigenvalue weighted by molar-refractivity contribution is 9.11. The topological polar surface area (TPSA) is 39.9 Å². The number of aromatic nitrogens is 3. The van der Waals surface area contributed by atoms with Gasteiger partial charge in [0, 0.05) is 20.9 Å². The van der Waals surface area contributed by atoms with E-state index in [0.29, 0.717) is 6.73 Å². The maximum Gasteiger partial charge on any atom is 0.161 e. The molecule has 0 aliphatic rings. The summed E-state index contributed by atoms with van der Waals surface area (Å²) in [6.45, 7) is 8.36. The molecule has 0 aliphatic heterocycles. The van der Waals surface area contributed by atoms with Gasteiger partial charge < -0.3 is 9.30 Å². The summed E-state index contributed by atoms with van der Waals surface area (Å²) in [6, 6.07) is 1.17. The molecule has 2 aromatic rings. The monoisotopic (exact) mass is 405 g/mol. The van der Waals surface area contributed by atoms with Gasteiger partial charge in [0.25, 0.3) is 0 Å². The fourth-order valence-electron chi connectivity index (χ4n) is 1.63. The highest BCUT2D eigenvalue weighted by atomic mass is 79.9. The van der Waals surface area contributed by atoms with Crippen LogP contribution in [0.2, 0.25) is 25.7 Å².